The Morgan fingerprint density at radius 3 is 2.71 bits per heavy atom. The molecule has 0 aliphatic heterocycles. The molecule has 0 amide bonds. The molecule has 14 heavy (non-hydrogen) atoms. The smallest absolute Gasteiger partial charge is 0.266 e. The molecule has 1 aromatic carbocycles. The van der Waals surface area contributed by atoms with Crippen LogP contribution in [0.25, 0.3) is 11.1 Å². The molecule has 0 N–H and O–H groups in total. The normalized spacial score (nSPS) is 12.1. The van der Waals surface area contributed by atoms with Gasteiger partial charge < -0.3 is 4.42 Å². The lowest BCUT2D eigenvalue weighted by molar-refractivity contribution is 0.586. The number of halogens is 2. The zero-order chi connectivity index (χ0) is 10.3. The van der Waals surface area contributed by atoms with Crippen LogP contribution in [0, 0.1) is 0 Å². The van der Waals surface area contributed by atoms with Crippen LogP contribution in [-0.4, -0.2) is 13.4 Å². The quantitative estimate of drug-likeness (QED) is 0.731. The van der Waals surface area contributed by atoms with Gasteiger partial charge in [-0.25, -0.2) is 13.4 Å². The molecule has 0 saturated carbocycles. The molecule has 0 unspecified atom stereocenters. The Hall–Kier alpha value is -0.780. The third-order valence-corrected chi connectivity index (χ3v) is 3.43. The molecule has 0 radical (unpaired) electrons. The van der Waals surface area contributed by atoms with Crippen LogP contribution in [-0.2, 0) is 9.05 Å². The van der Waals surface area contributed by atoms with Gasteiger partial charge in [-0.1, -0.05) is 11.6 Å². The summed E-state index contributed by atoms with van der Waals surface area (Å²) in [4.78, 5) is 3.55. The monoisotopic (exact) mass is 251 g/mol. The molecule has 2 rings (SSSR count). The highest BCUT2D eigenvalue weighted by Crippen LogP contribution is 2.31. The van der Waals surface area contributed by atoms with Crippen molar-refractivity contribution in [3.63, 3.8) is 0 Å². The first-order chi connectivity index (χ1) is 6.50. The van der Waals surface area contributed by atoms with Gasteiger partial charge in [-0.15, -0.1) is 0 Å². The number of fused-ring (bicyclic) bond motifs is 1. The lowest BCUT2D eigenvalue weighted by atomic mass is 10.3. The molecule has 1 aromatic heterocycles. The average Bonchev–Trinajstić information content (AvgIpc) is 2.48. The Kier molecular flexibility index (Phi) is 2.17. The maximum atomic E-state index is 11.2. The molecule has 1 heterocycles. The van der Waals surface area contributed by atoms with E-state index >= 15 is 0 Å². The van der Waals surface area contributed by atoms with Crippen molar-refractivity contribution in [3.05, 3.63) is 23.5 Å². The number of benzene rings is 1. The van der Waals surface area contributed by atoms with E-state index in [1.165, 1.54) is 6.07 Å². The Morgan fingerprint density at radius 1 is 1.36 bits per heavy atom. The first kappa shape index (κ1) is 9.76. The van der Waals surface area contributed by atoms with Gasteiger partial charge in [-0.05, 0) is 12.1 Å². The van der Waals surface area contributed by atoms with Crippen molar-refractivity contribution in [1.29, 1.82) is 0 Å². The summed E-state index contributed by atoms with van der Waals surface area (Å²) in [6.07, 6.45) is 1.13. The van der Waals surface area contributed by atoms with Gasteiger partial charge in [0.15, 0.2) is 12.0 Å². The molecular formula is C7H3Cl2NO3S. The number of nitrogens with zero attached hydrogens (tertiary/aromatic N) is 1. The number of hydrogen-bond donors (Lipinski definition) is 0. The Morgan fingerprint density at radius 2 is 2.07 bits per heavy atom. The van der Waals surface area contributed by atoms with Crippen LogP contribution in [0.4, 0.5) is 0 Å². The molecule has 0 fully saturated rings. The van der Waals surface area contributed by atoms with Crippen molar-refractivity contribution < 1.29 is 12.8 Å². The van der Waals surface area contributed by atoms with Gasteiger partial charge in [0.25, 0.3) is 9.05 Å². The fourth-order valence-corrected chi connectivity index (χ4v) is 2.81. The second-order valence-corrected chi connectivity index (χ2v) is 5.42. The van der Waals surface area contributed by atoms with Gasteiger partial charge in [-0.2, -0.15) is 0 Å². The summed E-state index contributed by atoms with van der Waals surface area (Å²) in [5.41, 5.74) is 0.473. The van der Waals surface area contributed by atoms with Crippen molar-refractivity contribution in [2.45, 2.75) is 4.90 Å². The third kappa shape index (κ3) is 1.47. The zero-order valence-corrected chi connectivity index (χ0v) is 8.90. The maximum absolute atomic E-state index is 11.2. The minimum absolute atomic E-state index is 0.0178. The van der Waals surface area contributed by atoms with Crippen LogP contribution >= 0.6 is 22.3 Å². The van der Waals surface area contributed by atoms with Gasteiger partial charge >= 0.3 is 0 Å². The van der Waals surface area contributed by atoms with Gasteiger partial charge in [0.2, 0.25) is 0 Å². The van der Waals surface area contributed by atoms with Crippen LogP contribution in [0.1, 0.15) is 0 Å². The predicted octanol–water partition coefficient (Wildman–Crippen LogP) is 2.41. The van der Waals surface area contributed by atoms with Crippen molar-refractivity contribution in [2.24, 2.45) is 0 Å². The average molecular weight is 252 g/mol. The molecule has 0 atom stereocenters. The van der Waals surface area contributed by atoms with E-state index in [1.54, 1.807) is 6.07 Å². The standard InChI is InChI=1S/C7H3Cl2NO3S/c8-4-1-2-5-6(13-3-10-5)7(4)14(9,11)12/h1-3H. The molecule has 0 bridgehead atoms. The molecule has 0 spiro atoms. The van der Waals surface area contributed by atoms with Crippen molar-refractivity contribution >= 4 is 42.4 Å². The summed E-state index contributed by atoms with van der Waals surface area (Å²) in [5, 5.41) is 0.0178. The molecule has 4 nitrogen and oxygen atoms in total. The number of aromatic nitrogens is 1. The van der Waals surface area contributed by atoms with Crippen LogP contribution in [0.15, 0.2) is 27.8 Å². The van der Waals surface area contributed by atoms with E-state index in [4.69, 9.17) is 26.7 Å². The summed E-state index contributed by atoms with van der Waals surface area (Å²) in [5.74, 6) is 0. The zero-order valence-electron chi connectivity index (χ0n) is 6.57. The molecule has 0 saturated heterocycles. The van der Waals surface area contributed by atoms with E-state index in [0.29, 0.717) is 5.52 Å². The second kappa shape index (κ2) is 3.12. The van der Waals surface area contributed by atoms with Crippen molar-refractivity contribution in [2.75, 3.05) is 0 Å². The van der Waals surface area contributed by atoms with Crippen LogP contribution in [0.5, 0.6) is 0 Å². The summed E-state index contributed by atoms with van der Waals surface area (Å²) in [7, 11) is 1.28. The third-order valence-electron chi connectivity index (χ3n) is 1.65. The largest absolute Gasteiger partial charge is 0.442 e. The summed E-state index contributed by atoms with van der Waals surface area (Å²) < 4.78 is 27.2. The molecule has 7 heteroatoms. The van der Waals surface area contributed by atoms with E-state index in [2.05, 4.69) is 4.98 Å². The van der Waals surface area contributed by atoms with Gasteiger partial charge in [-0.3, -0.25) is 0 Å². The van der Waals surface area contributed by atoms with E-state index < -0.39 is 9.05 Å². The molecule has 0 aliphatic rings. The lowest BCUT2D eigenvalue weighted by Crippen LogP contribution is -1.92. The van der Waals surface area contributed by atoms with Crippen LogP contribution in [0.2, 0.25) is 5.02 Å². The maximum Gasteiger partial charge on any atom is 0.266 e. The molecule has 0 aliphatic carbocycles. The van der Waals surface area contributed by atoms with Crippen molar-refractivity contribution in [3.8, 4) is 0 Å². The minimum Gasteiger partial charge on any atom is -0.442 e. The predicted molar refractivity (Wildman–Crippen MR) is 52.1 cm³/mol. The lowest BCUT2D eigenvalue weighted by Gasteiger charge is -1.98. The highest BCUT2D eigenvalue weighted by Gasteiger charge is 2.21. The molecule has 74 valence electrons. The van der Waals surface area contributed by atoms with Gasteiger partial charge in [0.05, 0.1) is 5.02 Å². The topological polar surface area (TPSA) is 60.2 Å². The first-order valence-electron chi connectivity index (χ1n) is 3.46. The van der Waals surface area contributed by atoms with Crippen molar-refractivity contribution in [1.82, 2.24) is 4.98 Å². The Balaban J connectivity index is 2.98. The Labute approximate surface area is 88.9 Å². The van der Waals surface area contributed by atoms with Crippen LogP contribution in [0.3, 0.4) is 0 Å². The van der Waals surface area contributed by atoms with E-state index in [9.17, 15) is 8.42 Å². The van der Waals surface area contributed by atoms with E-state index in [0.717, 1.165) is 6.39 Å². The van der Waals surface area contributed by atoms with Crippen LogP contribution < -0.4 is 0 Å². The summed E-state index contributed by atoms with van der Waals surface area (Å²) in [6, 6.07) is 2.95. The Bertz CT molecular complexity index is 590. The van der Waals surface area contributed by atoms with E-state index in [-0.39, 0.29) is 15.5 Å². The summed E-state index contributed by atoms with van der Waals surface area (Å²) in [6.45, 7) is 0. The SMILES string of the molecule is O=S(=O)(Cl)c1c(Cl)ccc2ncoc12. The van der Waals surface area contributed by atoms with E-state index in [1.807, 2.05) is 0 Å². The minimum atomic E-state index is -3.92. The first-order valence-corrected chi connectivity index (χ1v) is 6.15. The number of hydrogen-bond acceptors (Lipinski definition) is 4. The molecular weight excluding hydrogens is 249 g/mol. The number of rotatable bonds is 1. The highest BCUT2D eigenvalue weighted by molar-refractivity contribution is 8.14. The fourth-order valence-electron chi connectivity index (χ4n) is 1.11. The molecule has 2 aromatic rings. The fraction of sp³-hybridized carbons (Fsp3) is 0. The van der Waals surface area contributed by atoms with Gasteiger partial charge in [0.1, 0.15) is 10.4 Å². The van der Waals surface area contributed by atoms with Gasteiger partial charge in [0, 0.05) is 10.7 Å². The highest BCUT2D eigenvalue weighted by atomic mass is 35.7. The summed E-state index contributed by atoms with van der Waals surface area (Å²) >= 11 is 5.69. The number of oxazole rings is 1. The second-order valence-electron chi connectivity index (χ2n) is 2.51.